The summed E-state index contributed by atoms with van der Waals surface area (Å²) in [5, 5.41) is 12.1. The first-order valence-corrected chi connectivity index (χ1v) is 6.36. The van der Waals surface area contributed by atoms with Crippen LogP contribution in [-0.2, 0) is 12.8 Å². The maximum atomic E-state index is 8.68. The van der Waals surface area contributed by atoms with Crippen molar-refractivity contribution in [2.24, 2.45) is 0 Å². The monoisotopic (exact) mass is 219 g/mol. The van der Waals surface area contributed by atoms with Crippen molar-refractivity contribution in [3.63, 3.8) is 0 Å². The van der Waals surface area contributed by atoms with Gasteiger partial charge >= 0.3 is 0 Å². The number of nitrogens with one attached hydrogen (secondary N) is 1. The fourth-order valence-electron chi connectivity index (χ4n) is 2.29. The van der Waals surface area contributed by atoms with Gasteiger partial charge in [-0.2, -0.15) is 0 Å². The number of benzene rings is 1. The summed E-state index contributed by atoms with van der Waals surface area (Å²) in [6, 6.07) is 6.82. The quantitative estimate of drug-likeness (QED) is 0.721. The Morgan fingerprint density at radius 3 is 2.88 bits per heavy atom. The summed E-state index contributed by atoms with van der Waals surface area (Å²) in [5.41, 5.74) is 4.24. The Balaban J connectivity index is 1.77. The molecule has 1 aliphatic rings. The zero-order valence-corrected chi connectivity index (χ0v) is 9.84. The predicted molar refractivity (Wildman–Crippen MR) is 67.9 cm³/mol. The van der Waals surface area contributed by atoms with Crippen LogP contribution in [0.3, 0.4) is 0 Å². The summed E-state index contributed by atoms with van der Waals surface area (Å²) in [6.07, 6.45) is 6.90. The molecule has 0 radical (unpaired) electrons. The van der Waals surface area contributed by atoms with Crippen LogP contribution in [0.25, 0.3) is 0 Å². The molecular formula is C14H21NO. The topological polar surface area (TPSA) is 32.3 Å². The molecule has 2 N–H and O–H groups in total. The molecule has 0 fully saturated rings. The second-order valence-electron chi connectivity index (χ2n) is 4.56. The van der Waals surface area contributed by atoms with Crippen LogP contribution < -0.4 is 5.32 Å². The number of aliphatic hydroxyl groups is 1. The van der Waals surface area contributed by atoms with Gasteiger partial charge in [-0.3, -0.25) is 0 Å². The van der Waals surface area contributed by atoms with Crippen LogP contribution >= 0.6 is 0 Å². The molecule has 0 aromatic heterocycles. The van der Waals surface area contributed by atoms with E-state index in [4.69, 9.17) is 5.11 Å². The summed E-state index contributed by atoms with van der Waals surface area (Å²) in [6.45, 7) is 1.43. The molecule has 16 heavy (non-hydrogen) atoms. The van der Waals surface area contributed by atoms with E-state index in [0.717, 1.165) is 19.4 Å². The van der Waals surface area contributed by atoms with Crippen molar-refractivity contribution in [3.05, 3.63) is 29.3 Å². The van der Waals surface area contributed by atoms with Crippen LogP contribution in [0, 0.1) is 0 Å². The van der Waals surface area contributed by atoms with E-state index in [-0.39, 0.29) is 0 Å². The number of rotatable bonds is 6. The highest BCUT2D eigenvalue weighted by atomic mass is 16.2. The highest BCUT2D eigenvalue weighted by molar-refractivity contribution is 5.57. The van der Waals surface area contributed by atoms with Gasteiger partial charge in [0.25, 0.3) is 0 Å². The molecule has 2 rings (SSSR count). The molecule has 2 heteroatoms. The van der Waals surface area contributed by atoms with Crippen molar-refractivity contribution in [3.8, 4) is 0 Å². The SMILES string of the molecule is OCCCCCCc1ccc2c(c1)NCC2. The number of anilines is 1. The van der Waals surface area contributed by atoms with Gasteiger partial charge in [-0.1, -0.05) is 25.0 Å². The molecule has 1 aromatic rings. The lowest BCUT2D eigenvalue weighted by Crippen LogP contribution is -1.92. The van der Waals surface area contributed by atoms with E-state index >= 15 is 0 Å². The third kappa shape index (κ3) is 2.99. The standard InChI is InChI=1S/C14H21NO/c16-10-4-2-1-3-5-12-6-7-13-8-9-15-14(13)11-12/h6-7,11,15-16H,1-5,8-10H2. The van der Waals surface area contributed by atoms with Gasteiger partial charge in [-0.25, -0.2) is 0 Å². The molecule has 0 aliphatic carbocycles. The minimum Gasteiger partial charge on any atom is -0.396 e. The Bertz CT molecular complexity index is 336. The molecule has 88 valence electrons. The number of unbranched alkanes of at least 4 members (excludes halogenated alkanes) is 3. The van der Waals surface area contributed by atoms with Crippen molar-refractivity contribution >= 4 is 5.69 Å². The molecule has 1 heterocycles. The molecule has 0 atom stereocenters. The van der Waals surface area contributed by atoms with E-state index in [2.05, 4.69) is 23.5 Å². The van der Waals surface area contributed by atoms with Crippen LogP contribution in [0.5, 0.6) is 0 Å². The minimum atomic E-state index is 0.336. The zero-order chi connectivity index (χ0) is 11.2. The molecule has 0 amide bonds. The molecular weight excluding hydrogens is 198 g/mol. The average molecular weight is 219 g/mol. The second-order valence-corrected chi connectivity index (χ2v) is 4.56. The highest BCUT2D eigenvalue weighted by Gasteiger charge is 2.09. The third-order valence-corrected chi connectivity index (χ3v) is 3.26. The van der Waals surface area contributed by atoms with Gasteiger partial charge in [0, 0.05) is 18.8 Å². The van der Waals surface area contributed by atoms with Gasteiger partial charge in [-0.15, -0.1) is 0 Å². The number of hydrogen-bond donors (Lipinski definition) is 2. The number of aryl methyl sites for hydroxylation is 1. The summed E-state index contributed by atoms with van der Waals surface area (Å²) >= 11 is 0. The van der Waals surface area contributed by atoms with Gasteiger partial charge in [0.2, 0.25) is 0 Å². The lowest BCUT2D eigenvalue weighted by atomic mass is 10.0. The lowest BCUT2D eigenvalue weighted by molar-refractivity contribution is 0.282. The van der Waals surface area contributed by atoms with Crippen molar-refractivity contribution in [2.45, 2.75) is 38.5 Å². The molecule has 1 aliphatic heterocycles. The predicted octanol–water partition coefficient (Wildman–Crippen LogP) is 2.75. The fraction of sp³-hybridized carbons (Fsp3) is 0.571. The molecule has 0 spiro atoms. The first kappa shape index (κ1) is 11.5. The summed E-state index contributed by atoms with van der Waals surface area (Å²) in [5.74, 6) is 0. The maximum Gasteiger partial charge on any atom is 0.0431 e. The van der Waals surface area contributed by atoms with Crippen LogP contribution in [0.1, 0.15) is 36.8 Å². The molecule has 0 saturated carbocycles. The van der Waals surface area contributed by atoms with Crippen LogP contribution in [0.4, 0.5) is 5.69 Å². The van der Waals surface area contributed by atoms with Crippen molar-refractivity contribution in [1.82, 2.24) is 0 Å². The first-order valence-electron chi connectivity index (χ1n) is 6.36. The molecule has 0 unspecified atom stereocenters. The summed E-state index contributed by atoms with van der Waals surface area (Å²) in [7, 11) is 0. The smallest absolute Gasteiger partial charge is 0.0431 e. The summed E-state index contributed by atoms with van der Waals surface area (Å²) in [4.78, 5) is 0. The molecule has 1 aromatic carbocycles. The van der Waals surface area contributed by atoms with Crippen LogP contribution in [0.15, 0.2) is 18.2 Å². The van der Waals surface area contributed by atoms with E-state index in [9.17, 15) is 0 Å². The van der Waals surface area contributed by atoms with Crippen LogP contribution in [-0.4, -0.2) is 18.3 Å². The van der Waals surface area contributed by atoms with E-state index in [1.165, 1.54) is 42.5 Å². The first-order chi connectivity index (χ1) is 7.90. The van der Waals surface area contributed by atoms with E-state index < -0.39 is 0 Å². The van der Waals surface area contributed by atoms with E-state index in [0.29, 0.717) is 6.61 Å². The lowest BCUT2D eigenvalue weighted by Gasteiger charge is -2.05. The number of hydrogen-bond acceptors (Lipinski definition) is 2. The van der Waals surface area contributed by atoms with Gasteiger partial charge in [0.15, 0.2) is 0 Å². The van der Waals surface area contributed by atoms with E-state index in [1.807, 2.05) is 0 Å². The minimum absolute atomic E-state index is 0.336. The van der Waals surface area contributed by atoms with Crippen molar-refractivity contribution in [2.75, 3.05) is 18.5 Å². The Labute approximate surface area is 97.7 Å². The Hall–Kier alpha value is -1.02. The fourth-order valence-corrected chi connectivity index (χ4v) is 2.29. The Morgan fingerprint density at radius 1 is 1.12 bits per heavy atom. The largest absolute Gasteiger partial charge is 0.396 e. The van der Waals surface area contributed by atoms with Gasteiger partial charge in [0.1, 0.15) is 0 Å². The highest BCUT2D eigenvalue weighted by Crippen LogP contribution is 2.24. The molecule has 2 nitrogen and oxygen atoms in total. The van der Waals surface area contributed by atoms with Gasteiger partial charge in [0.05, 0.1) is 0 Å². The molecule has 0 bridgehead atoms. The average Bonchev–Trinajstić information content (AvgIpc) is 2.76. The van der Waals surface area contributed by atoms with Crippen molar-refractivity contribution < 1.29 is 5.11 Å². The van der Waals surface area contributed by atoms with Crippen LogP contribution in [0.2, 0.25) is 0 Å². The van der Waals surface area contributed by atoms with Gasteiger partial charge in [-0.05, 0) is 42.9 Å². The zero-order valence-electron chi connectivity index (χ0n) is 9.84. The Morgan fingerprint density at radius 2 is 2.00 bits per heavy atom. The Kier molecular flexibility index (Phi) is 4.23. The summed E-state index contributed by atoms with van der Waals surface area (Å²) < 4.78 is 0. The van der Waals surface area contributed by atoms with E-state index in [1.54, 1.807) is 0 Å². The number of fused-ring (bicyclic) bond motifs is 1. The van der Waals surface area contributed by atoms with Gasteiger partial charge < -0.3 is 10.4 Å². The third-order valence-electron chi connectivity index (χ3n) is 3.26. The normalized spacial score (nSPS) is 13.6. The number of aliphatic hydroxyl groups excluding tert-OH is 1. The molecule has 0 saturated heterocycles. The van der Waals surface area contributed by atoms with Crippen molar-refractivity contribution in [1.29, 1.82) is 0 Å². The maximum absolute atomic E-state index is 8.68. The second kappa shape index (κ2) is 5.90.